The average molecular weight is 271 g/mol. The molecule has 0 heterocycles. The van der Waals surface area contributed by atoms with E-state index in [9.17, 15) is 13.2 Å². The molecular formula is C8H10BrF3N2. The van der Waals surface area contributed by atoms with Crippen LogP contribution in [0.3, 0.4) is 0 Å². The maximum atomic E-state index is 12.3. The Balaban J connectivity index is 3.02. The first kappa shape index (κ1) is 11.6. The van der Waals surface area contributed by atoms with Crippen molar-refractivity contribution in [3.05, 3.63) is 21.8 Å². The maximum absolute atomic E-state index is 12.3. The fraction of sp³-hybridized carbons (Fsp3) is 0.500. The molecule has 1 rings (SSSR count). The molecule has 1 aliphatic rings. The summed E-state index contributed by atoms with van der Waals surface area (Å²) in [6, 6.07) is -0.629. The SMILES string of the molecule is CNC1=C(Br)C=C(C(F)(F)F)CC1N. The fourth-order valence-corrected chi connectivity index (χ4v) is 2.08. The van der Waals surface area contributed by atoms with Crippen molar-refractivity contribution in [1.82, 2.24) is 5.32 Å². The Labute approximate surface area is 88.2 Å². The van der Waals surface area contributed by atoms with Gasteiger partial charge in [0.05, 0.1) is 0 Å². The lowest BCUT2D eigenvalue weighted by atomic mass is 9.98. The monoisotopic (exact) mass is 270 g/mol. The first-order valence-corrected chi connectivity index (χ1v) is 4.76. The van der Waals surface area contributed by atoms with Gasteiger partial charge in [-0.1, -0.05) is 0 Å². The summed E-state index contributed by atoms with van der Waals surface area (Å²) in [5, 5.41) is 2.77. The number of nitrogens with one attached hydrogen (secondary N) is 1. The van der Waals surface area contributed by atoms with Crippen molar-refractivity contribution in [2.75, 3.05) is 7.05 Å². The van der Waals surface area contributed by atoms with Crippen molar-refractivity contribution in [2.45, 2.75) is 18.6 Å². The second-order valence-corrected chi connectivity index (χ2v) is 3.84. The molecule has 0 aromatic carbocycles. The van der Waals surface area contributed by atoms with Crippen molar-refractivity contribution in [3.63, 3.8) is 0 Å². The Morgan fingerprint density at radius 1 is 1.57 bits per heavy atom. The van der Waals surface area contributed by atoms with Crippen LogP contribution in [0.4, 0.5) is 13.2 Å². The Kier molecular flexibility index (Phi) is 3.26. The van der Waals surface area contributed by atoms with Crippen molar-refractivity contribution in [2.24, 2.45) is 5.73 Å². The smallest absolute Gasteiger partial charge is 0.389 e. The minimum atomic E-state index is -4.30. The lowest BCUT2D eigenvalue weighted by Gasteiger charge is -2.24. The van der Waals surface area contributed by atoms with Gasteiger partial charge in [-0.25, -0.2) is 0 Å². The fourth-order valence-electron chi connectivity index (χ4n) is 1.31. The van der Waals surface area contributed by atoms with E-state index in [-0.39, 0.29) is 6.42 Å². The van der Waals surface area contributed by atoms with Crippen molar-refractivity contribution < 1.29 is 13.2 Å². The minimum Gasteiger partial charge on any atom is -0.389 e. The zero-order valence-corrected chi connectivity index (χ0v) is 9.04. The summed E-state index contributed by atoms with van der Waals surface area (Å²) in [7, 11) is 1.63. The molecular weight excluding hydrogens is 261 g/mol. The van der Waals surface area contributed by atoms with Gasteiger partial charge in [-0.3, -0.25) is 0 Å². The molecule has 6 heteroatoms. The third-order valence-corrected chi connectivity index (χ3v) is 2.66. The third kappa shape index (κ3) is 2.30. The molecule has 0 radical (unpaired) electrons. The summed E-state index contributed by atoms with van der Waals surface area (Å²) in [4.78, 5) is 0. The number of hydrogen-bond acceptors (Lipinski definition) is 2. The normalized spacial score (nSPS) is 23.6. The highest BCUT2D eigenvalue weighted by molar-refractivity contribution is 9.11. The summed E-state index contributed by atoms with van der Waals surface area (Å²) < 4.78 is 37.4. The molecule has 1 unspecified atom stereocenters. The number of halogens is 4. The molecule has 2 nitrogen and oxygen atoms in total. The van der Waals surface area contributed by atoms with E-state index in [0.717, 1.165) is 6.08 Å². The highest BCUT2D eigenvalue weighted by atomic mass is 79.9. The van der Waals surface area contributed by atoms with Crippen LogP contribution in [-0.4, -0.2) is 19.3 Å². The minimum absolute atomic E-state index is 0.186. The molecule has 0 aliphatic heterocycles. The molecule has 14 heavy (non-hydrogen) atoms. The van der Waals surface area contributed by atoms with E-state index in [0.29, 0.717) is 10.2 Å². The molecule has 1 atom stereocenters. The molecule has 0 spiro atoms. The zero-order chi connectivity index (χ0) is 10.9. The van der Waals surface area contributed by atoms with Crippen LogP contribution in [0.15, 0.2) is 21.8 Å². The number of allylic oxidation sites excluding steroid dienone is 2. The van der Waals surface area contributed by atoms with Crippen LogP contribution in [0.5, 0.6) is 0 Å². The molecule has 0 amide bonds. The second kappa shape index (κ2) is 3.94. The number of alkyl halides is 3. The third-order valence-electron chi connectivity index (χ3n) is 2.00. The standard InChI is InChI=1S/C8H10BrF3N2/c1-14-7-5(9)2-4(3-6(7)13)8(10,11)12/h2,6,14H,3,13H2,1H3. The van der Waals surface area contributed by atoms with Gasteiger partial charge in [0.2, 0.25) is 0 Å². The number of nitrogens with two attached hydrogens (primary N) is 1. The largest absolute Gasteiger partial charge is 0.412 e. The molecule has 0 fully saturated rings. The van der Waals surface area contributed by atoms with Crippen molar-refractivity contribution in [1.29, 1.82) is 0 Å². The first-order valence-electron chi connectivity index (χ1n) is 3.97. The van der Waals surface area contributed by atoms with E-state index in [1.54, 1.807) is 7.05 Å². The molecule has 80 valence electrons. The summed E-state index contributed by atoms with van der Waals surface area (Å²) >= 11 is 3.05. The Bertz CT molecular complexity index is 293. The van der Waals surface area contributed by atoms with Gasteiger partial charge in [0, 0.05) is 28.8 Å². The van der Waals surface area contributed by atoms with Crippen molar-refractivity contribution >= 4 is 15.9 Å². The van der Waals surface area contributed by atoms with Crippen LogP contribution in [0.2, 0.25) is 0 Å². The van der Waals surface area contributed by atoms with Crippen LogP contribution in [0, 0.1) is 0 Å². The van der Waals surface area contributed by atoms with E-state index >= 15 is 0 Å². The van der Waals surface area contributed by atoms with Gasteiger partial charge in [0.15, 0.2) is 0 Å². The summed E-state index contributed by atoms with van der Waals surface area (Å²) in [6.07, 6.45) is -3.42. The lowest BCUT2D eigenvalue weighted by molar-refractivity contribution is -0.0945. The van der Waals surface area contributed by atoms with Gasteiger partial charge in [0.1, 0.15) is 0 Å². The van der Waals surface area contributed by atoms with Crippen LogP contribution in [0.1, 0.15) is 6.42 Å². The number of rotatable bonds is 1. The van der Waals surface area contributed by atoms with Crippen LogP contribution in [0.25, 0.3) is 0 Å². The molecule has 1 aliphatic carbocycles. The van der Waals surface area contributed by atoms with Crippen LogP contribution < -0.4 is 11.1 Å². The molecule has 0 aromatic rings. The summed E-state index contributed by atoms with van der Waals surface area (Å²) in [5.41, 5.74) is 5.57. The van der Waals surface area contributed by atoms with E-state index in [1.807, 2.05) is 0 Å². The van der Waals surface area contributed by atoms with Gasteiger partial charge in [-0.05, 0) is 28.4 Å². The average Bonchev–Trinajstić information content (AvgIpc) is 2.01. The van der Waals surface area contributed by atoms with Gasteiger partial charge >= 0.3 is 6.18 Å². The van der Waals surface area contributed by atoms with E-state index in [1.165, 1.54) is 0 Å². The van der Waals surface area contributed by atoms with Gasteiger partial charge in [0.25, 0.3) is 0 Å². The van der Waals surface area contributed by atoms with Crippen LogP contribution in [-0.2, 0) is 0 Å². The highest BCUT2D eigenvalue weighted by Crippen LogP contribution is 2.35. The Hall–Kier alpha value is -0.490. The topological polar surface area (TPSA) is 38.0 Å². The molecule has 3 N–H and O–H groups in total. The van der Waals surface area contributed by atoms with E-state index < -0.39 is 17.8 Å². The van der Waals surface area contributed by atoms with Gasteiger partial charge < -0.3 is 11.1 Å². The number of likely N-dealkylation sites (N-methyl/N-ethyl adjacent to an activating group) is 1. The first-order chi connectivity index (χ1) is 6.36. The van der Waals surface area contributed by atoms with E-state index in [4.69, 9.17) is 5.73 Å². The van der Waals surface area contributed by atoms with Crippen LogP contribution >= 0.6 is 15.9 Å². The highest BCUT2D eigenvalue weighted by Gasteiger charge is 2.37. The Morgan fingerprint density at radius 2 is 2.14 bits per heavy atom. The summed E-state index contributed by atoms with van der Waals surface area (Å²) in [5.74, 6) is 0. The molecule has 0 bridgehead atoms. The van der Waals surface area contributed by atoms with E-state index in [2.05, 4.69) is 21.2 Å². The quantitative estimate of drug-likeness (QED) is 0.765. The lowest BCUT2D eigenvalue weighted by Crippen LogP contribution is -2.35. The Morgan fingerprint density at radius 3 is 2.50 bits per heavy atom. The second-order valence-electron chi connectivity index (χ2n) is 2.99. The predicted octanol–water partition coefficient (Wildman–Crippen LogP) is 2.03. The van der Waals surface area contributed by atoms with Crippen molar-refractivity contribution in [3.8, 4) is 0 Å². The maximum Gasteiger partial charge on any atom is 0.412 e. The number of hydrogen-bond donors (Lipinski definition) is 2. The van der Waals surface area contributed by atoms with Gasteiger partial charge in [-0.2, -0.15) is 13.2 Å². The molecule has 0 saturated carbocycles. The summed E-state index contributed by atoms with van der Waals surface area (Å²) in [6.45, 7) is 0. The molecule has 0 aromatic heterocycles. The zero-order valence-electron chi connectivity index (χ0n) is 7.45. The molecule has 0 saturated heterocycles. The van der Waals surface area contributed by atoms with Gasteiger partial charge in [-0.15, -0.1) is 0 Å². The predicted molar refractivity (Wildman–Crippen MR) is 51.7 cm³/mol.